The van der Waals surface area contributed by atoms with Gasteiger partial charge in [0.05, 0.1) is 25.4 Å². The highest BCUT2D eigenvalue weighted by Gasteiger charge is 2.44. The van der Waals surface area contributed by atoms with Crippen LogP contribution < -0.4 is 5.32 Å². The quantitative estimate of drug-likeness (QED) is 0.0273. The molecule has 1 fully saturated rings. The van der Waals surface area contributed by atoms with Gasteiger partial charge in [-0.1, -0.05) is 152 Å². The summed E-state index contributed by atoms with van der Waals surface area (Å²) in [7, 11) is 0. The summed E-state index contributed by atoms with van der Waals surface area (Å²) in [5.74, 6) is -0.198. The highest BCUT2D eigenvalue weighted by atomic mass is 16.7. The van der Waals surface area contributed by atoms with Crippen molar-refractivity contribution in [1.29, 1.82) is 0 Å². The summed E-state index contributed by atoms with van der Waals surface area (Å²) < 4.78 is 11.2. The molecule has 0 saturated carbocycles. The summed E-state index contributed by atoms with van der Waals surface area (Å²) >= 11 is 0. The van der Waals surface area contributed by atoms with E-state index in [9.17, 15) is 30.3 Å². The minimum absolute atomic E-state index is 0.198. The first-order valence-corrected chi connectivity index (χ1v) is 22.4. The molecular formula is C46H83NO8. The summed E-state index contributed by atoms with van der Waals surface area (Å²) in [6.07, 6.45) is 38.6. The van der Waals surface area contributed by atoms with Crippen LogP contribution in [0.5, 0.6) is 0 Å². The Morgan fingerprint density at radius 2 is 1.04 bits per heavy atom. The summed E-state index contributed by atoms with van der Waals surface area (Å²) in [4.78, 5) is 12.9. The maximum Gasteiger partial charge on any atom is 0.220 e. The standard InChI is InChI=1S/C46H83NO8/c1-3-5-7-9-11-13-15-17-19-20-22-23-25-27-29-31-33-35-40(49)39(38-54-46-45(53)44(52)43(51)41(37-48)55-46)47-42(50)36-34-32-30-28-26-24-21-18-16-14-12-10-8-6-4-2/h14,16,19-20,25,27,33,35,39-41,43-46,48-49,51-53H,3-13,15,17-18,21-24,26,28-32,34,36-38H2,1-2H3,(H,47,50)/b16-14-,20-19+,27-25+,35-33+. The average molecular weight is 778 g/mol. The van der Waals surface area contributed by atoms with Crippen molar-refractivity contribution >= 4 is 5.91 Å². The van der Waals surface area contributed by atoms with Gasteiger partial charge in [0, 0.05) is 6.42 Å². The zero-order valence-electron chi connectivity index (χ0n) is 34.9. The van der Waals surface area contributed by atoms with E-state index in [1.807, 2.05) is 6.08 Å². The van der Waals surface area contributed by atoms with Gasteiger partial charge in [-0.3, -0.25) is 4.79 Å². The molecule has 0 aromatic heterocycles. The molecule has 1 heterocycles. The molecule has 0 spiro atoms. The molecule has 0 radical (unpaired) electrons. The van der Waals surface area contributed by atoms with Crippen LogP contribution in [0.1, 0.15) is 181 Å². The second-order valence-electron chi connectivity index (χ2n) is 15.5. The van der Waals surface area contributed by atoms with Gasteiger partial charge in [-0.25, -0.2) is 0 Å². The lowest BCUT2D eigenvalue weighted by atomic mass is 9.99. The minimum Gasteiger partial charge on any atom is -0.394 e. The Morgan fingerprint density at radius 3 is 1.55 bits per heavy atom. The van der Waals surface area contributed by atoms with Crippen molar-refractivity contribution in [3.8, 4) is 0 Å². The molecule has 320 valence electrons. The van der Waals surface area contributed by atoms with Crippen molar-refractivity contribution in [1.82, 2.24) is 5.32 Å². The van der Waals surface area contributed by atoms with Gasteiger partial charge in [0.15, 0.2) is 6.29 Å². The molecule has 1 amide bonds. The molecule has 1 saturated heterocycles. The fourth-order valence-electron chi connectivity index (χ4n) is 6.71. The fraction of sp³-hybridized carbons (Fsp3) is 0.804. The van der Waals surface area contributed by atoms with Crippen molar-refractivity contribution in [3.63, 3.8) is 0 Å². The topological polar surface area (TPSA) is 149 Å². The second kappa shape index (κ2) is 36.5. The summed E-state index contributed by atoms with van der Waals surface area (Å²) in [6, 6.07) is -0.829. The van der Waals surface area contributed by atoms with Crippen LogP contribution in [0.25, 0.3) is 0 Å². The molecular weight excluding hydrogens is 695 g/mol. The van der Waals surface area contributed by atoms with Gasteiger partial charge in [0.2, 0.25) is 5.91 Å². The molecule has 7 atom stereocenters. The fourth-order valence-corrected chi connectivity index (χ4v) is 6.71. The molecule has 1 aliphatic heterocycles. The number of nitrogens with one attached hydrogen (secondary N) is 1. The maximum absolute atomic E-state index is 12.9. The number of unbranched alkanes of at least 4 members (excludes halogenated alkanes) is 20. The van der Waals surface area contributed by atoms with Crippen molar-refractivity contribution < 1.29 is 39.8 Å². The first-order chi connectivity index (χ1) is 26.8. The zero-order valence-corrected chi connectivity index (χ0v) is 34.9. The first kappa shape index (κ1) is 51.2. The number of amides is 1. The van der Waals surface area contributed by atoms with Gasteiger partial charge in [0.1, 0.15) is 24.4 Å². The van der Waals surface area contributed by atoms with Crippen molar-refractivity contribution in [2.24, 2.45) is 0 Å². The number of carbonyl (C=O) groups is 1. The number of aliphatic hydroxyl groups is 5. The first-order valence-electron chi connectivity index (χ1n) is 22.4. The number of hydrogen-bond donors (Lipinski definition) is 6. The Labute approximate surface area is 335 Å². The maximum atomic E-state index is 12.9. The predicted molar refractivity (Wildman–Crippen MR) is 226 cm³/mol. The molecule has 0 aromatic rings. The third-order valence-corrected chi connectivity index (χ3v) is 10.4. The zero-order chi connectivity index (χ0) is 40.2. The Balaban J connectivity index is 2.43. The molecule has 0 aliphatic carbocycles. The van der Waals surface area contributed by atoms with E-state index in [4.69, 9.17) is 9.47 Å². The van der Waals surface area contributed by atoms with Crippen LogP contribution >= 0.6 is 0 Å². The molecule has 55 heavy (non-hydrogen) atoms. The second-order valence-corrected chi connectivity index (χ2v) is 15.5. The summed E-state index contributed by atoms with van der Waals surface area (Å²) in [5, 5.41) is 54.1. The smallest absolute Gasteiger partial charge is 0.220 e. The van der Waals surface area contributed by atoms with Gasteiger partial charge < -0.3 is 40.3 Å². The highest BCUT2D eigenvalue weighted by molar-refractivity contribution is 5.76. The highest BCUT2D eigenvalue weighted by Crippen LogP contribution is 2.22. The van der Waals surface area contributed by atoms with E-state index in [1.165, 1.54) is 96.3 Å². The number of rotatable bonds is 36. The van der Waals surface area contributed by atoms with E-state index in [0.717, 1.165) is 64.2 Å². The van der Waals surface area contributed by atoms with E-state index >= 15 is 0 Å². The van der Waals surface area contributed by atoms with E-state index in [1.54, 1.807) is 6.08 Å². The van der Waals surface area contributed by atoms with Crippen LogP contribution in [0, 0.1) is 0 Å². The van der Waals surface area contributed by atoms with Crippen LogP contribution in [0.15, 0.2) is 48.6 Å². The molecule has 7 unspecified atom stereocenters. The van der Waals surface area contributed by atoms with Gasteiger partial charge in [-0.15, -0.1) is 0 Å². The van der Waals surface area contributed by atoms with Crippen molar-refractivity contribution in [3.05, 3.63) is 48.6 Å². The summed E-state index contributed by atoms with van der Waals surface area (Å²) in [6.45, 7) is 3.71. The Kier molecular flexibility index (Phi) is 33.9. The van der Waals surface area contributed by atoms with Crippen LogP contribution in [0.2, 0.25) is 0 Å². The monoisotopic (exact) mass is 778 g/mol. The Morgan fingerprint density at radius 1 is 0.600 bits per heavy atom. The van der Waals surface area contributed by atoms with Gasteiger partial charge >= 0.3 is 0 Å². The van der Waals surface area contributed by atoms with E-state index in [-0.39, 0.29) is 12.5 Å². The minimum atomic E-state index is -1.57. The molecule has 9 heteroatoms. The SMILES string of the molecule is CCCCCC/C=C\CCCCCCCCCC(=O)NC(COC1OC(CO)C(O)C(O)C1O)C(O)/C=C/CC/C=C/CC/C=C/CCCCCCCCC. The number of carbonyl (C=O) groups excluding carboxylic acids is 1. The lowest BCUT2D eigenvalue weighted by molar-refractivity contribution is -0.302. The average Bonchev–Trinajstić information content (AvgIpc) is 3.18. The molecule has 0 aromatic carbocycles. The van der Waals surface area contributed by atoms with E-state index in [0.29, 0.717) is 6.42 Å². The Bertz CT molecular complexity index is 998. The molecule has 9 nitrogen and oxygen atoms in total. The third-order valence-electron chi connectivity index (χ3n) is 10.4. The van der Waals surface area contributed by atoms with Crippen LogP contribution in [-0.2, 0) is 14.3 Å². The number of hydrogen-bond acceptors (Lipinski definition) is 8. The lowest BCUT2D eigenvalue weighted by Crippen LogP contribution is -2.60. The van der Waals surface area contributed by atoms with Crippen molar-refractivity contribution in [2.75, 3.05) is 13.2 Å². The van der Waals surface area contributed by atoms with Crippen LogP contribution in [-0.4, -0.2) is 87.5 Å². The predicted octanol–water partition coefficient (Wildman–Crippen LogP) is 9.06. The summed E-state index contributed by atoms with van der Waals surface area (Å²) in [5.41, 5.74) is 0. The number of ether oxygens (including phenoxy) is 2. The Hall–Kier alpha value is -1.85. The molecule has 0 bridgehead atoms. The van der Waals surface area contributed by atoms with Gasteiger partial charge in [0.25, 0.3) is 0 Å². The van der Waals surface area contributed by atoms with Crippen molar-refractivity contribution in [2.45, 2.75) is 224 Å². The molecule has 1 rings (SSSR count). The third kappa shape index (κ3) is 27.4. The van der Waals surface area contributed by atoms with E-state index in [2.05, 4.69) is 55.6 Å². The van der Waals surface area contributed by atoms with Gasteiger partial charge in [-0.05, 0) is 70.6 Å². The van der Waals surface area contributed by atoms with E-state index < -0.39 is 49.5 Å². The number of allylic oxidation sites excluding steroid dienone is 7. The molecule has 1 aliphatic rings. The number of aliphatic hydroxyl groups excluding tert-OH is 5. The molecule has 6 N–H and O–H groups in total. The van der Waals surface area contributed by atoms with Crippen LogP contribution in [0.4, 0.5) is 0 Å². The normalized spacial score (nSPS) is 21.8. The lowest BCUT2D eigenvalue weighted by Gasteiger charge is -2.40. The van der Waals surface area contributed by atoms with Gasteiger partial charge in [-0.2, -0.15) is 0 Å². The largest absolute Gasteiger partial charge is 0.394 e. The van der Waals surface area contributed by atoms with Crippen LogP contribution in [0.3, 0.4) is 0 Å².